The highest BCUT2D eigenvalue weighted by Gasteiger charge is 2.48. The first-order valence-corrected chi connectivity index (χ1v) is 9.71. The van der Waals surface area contributed by atoms with Crippen molar-refractivity contribution in [2.75, 3.05) is 26.2 Å². The smallest absolute Gasteiger partial charge is 0.320 e. The fourth-order valence-corrected chi connectivity index (χ4v) is 4.49. The van der Waals surface area contributed by atoms with Crippen LogP contribution in [0.5, 0.6) is 0 Å². The second kappa shape index (κ2) is 8.21. The Kier molecular flexibility index (Phi) is 5.95. The van der Waals surface area contributed by atoms with Gasteiger partial charge in [0.25, 0.3) is 0 Å². The van der Waals surface area contributed by atoms with E-state index in [4.69, 9.17) is 0 Å². The van der Waals surface area contributed by atoms with Crippen LogP contribution in [-0.4, -0.2) is 64.8 Å². The quantitative estimate of drug-likeness (QED) is 0.776. The van der Waals surface area contributed by atoms with E-state index in [-0.39, 0.29) is 17.1 Å². The fraction of sp³-hybridized carbons (Fsp3) is 0.571. The predicted octanol–water partition coefficient (Wildman–Crippen LogP) is 2.44. The van der Waals surface area contributed by atoms with Crippen molar-refractivity contribution in [3.63, 3.8) is 0 Å². The van der Waals surface area contributed by atoms with Gasteiger partial charge in [0, 0.05) is 38.5 Å². The normalized spacial score (nSPS) is 22.1. The molecular weight excluding hydrogens is 344 g/mol. The molecule has 0 aliphatic carbocycles. The molecule has 0 radical (unpaired) electrons. The largest absolute Gasteiger partial charge is 0.480 e. The van der Waals surface area contributed by atoms with Crippen molar-refractivity contribution in [3.05, 3.63) is 35.9 Å². The molecule has 6 nitrogen and oxygen atoms in total. The van der Waals surface area contributed by atoms with Crippen LogP contribution in [0.1, 0.15) is 49.4 Å². The van der Waals surface area contributed by atoms with Gasteiger partial charge < -0.3 is 10.0 Å². The van der Waals surface area contributed by atoms with E-state index in [0.29, 0.717) is 44.5 Å². The number of piperidine rings is 1. The zero-order valence-electron chi connectivity index (χ0n) is 15.9. The number of carbonyl (C=O) groups excluding carboxylic acids is 2. The zero-order valence-corrected chi connectivity index (χ0v) is 15.9. The summed E-state index contributed by atoms with van der Waals surface area (Å²) in [6, 6.07) is 8.73. The van der Waals surface area contributed by atoms with Crippen molar-refractivity contribution in [2.24, 2.45) is 5.41 Å². The number of nitrogens with zero attached hydrogens (tertiary/aromatic N) is 2. The molecule has 2 heterocycles. The maximum Gasteiger partial charge on any atom is 0.320 e. The van der Waals surface area contributed by atoms with E-state index in [2.05, 4.69) is 0 Å². The van der Waals surface area contributed by atoms with Gasteiger partial charge in [0.15, 0.2) is 5.78 Å². The number of hydrogen-bond acceptors (Lipinski definition) is 4. The molecule has 2 aliphatic rings. The third-order valence-corrected chi connectivity index (χ3v) is 6.11. The van der Waals surface area contributed by atoms with Crippen LogP contribution in [0, 0.1) is 5.41 Å². The Morgan fingerprint density at radius 1 is 1.15 bits per heavy atom. The number of Topliss-reactive ketones (excluding diaryl/α,β-unsaturated/α-hetero) is 1. The van der Waals surface area contributed by atoms with Crippen LogP contribution in [0.25, 0.3) is 0 Å². The summed E-state index contributed by atoms with van der Waals surface area (Å²) >= 11 is 0. The topological polar surface area (TPSA) is 77.9 Å². The van der Waals surface area contributed by atoms with Crippen molar-refractivity contribution in [2.45, 2.75) is 45.1 Å². The van der Waals surface area contributed by atoms with E-state index in [1.807, 2.05) is 40.1 Å². The van der Waals surface area contributed by atoms with Crippen molar-refractivity contribution in [3.8, 4) is 0 Å². The Bertz CT molecular complexity index is 695. The van der Waals surface area contributed by atoms with Crippen LogP contribution in [0.4, 0.5) is 0 Å². The molecule has 0 saturated carbocycles. The highest BCUT2D eigenvalue weighted by Crippen LogP contribution is 2.43. The average molecular weight is 372 g/mol. The van der Waals surface area contributed by atoms with Crippen LogP contribution in [0.2, 0.25) is 0 Å². The lowest BCUT2D eigenvalue weighted by atomic mass is 9.76. The minimum absolute atomic E-state index is 0.0154. The molecule has 1 aromatic carbocycles. The molecule has 2 fully saturated rings. The minimum atomic E-state index is -0.782. The fourth-order valence-electron chi connectivity index (χ4n) is 4.49. The standard InChI is InChI=1S/C21H28N2O4/c1-16(24)22-12-9-21(10-13-22)14-18(20(26)27)23(15-21)11-5-8-19(25)17-6-3-2-4-7-17/h2-4,6-7,18H,5,8-15H2,1H3,(H,26,27). The molecular formula is C21H28N2O4. The molecule has 0 aromatic heterocycles. The minimum Gasteiger partial charge on any atom is -0.480 e. The average Bonchev–Trinajstić information content (AvgIpc) is 3.01. The van der Waals surface area contributed by atoms with Gasteiger partial charge in [-0.05, 0) is 37.6 Å². The first kappa shape index (κ1) is 19.5. The molecule has 1 N–H and O–H groups in total. The van der Waals surface area contributed by atoms with Gasteiger partial charge >= 0.3 is 5.97 Å². The first-order chi connectivity index (χ1) is 12.9. The molecule has 146 valence electrons. The molecule has 1 amide bonds. The van der Waals surface area contributed by atoms with Gasteiger partial charge in [0.1, 0.15) is 6.04 Å². The summed E-state index contributed by atoms with van der Waals surface area (Å²) in [6.07, 6.45) is 3.44. The van der Waals surface area contributed by atoms with E-state index >= 15 is 0 Å². The Morgan fingerprint density at radius 2 is 1.81 bits per heavy atom. The molecule has 27 heavy (non-hydrogen) atoms. The Balaban J connectivity index is 1.55. The van der Waals surface area contributed by atoms with Gasteiger partial charge in [-0.15, -0.1) is 0 Å². The van der Waals surface area contributed by atoms with Crippen LogP contribution in [0.3, 0.4) is 0 Å². The van der Waals surface area contributed by atoms with Crippen molar-refractivity contribution < 1.29 is 19.5 Å². The summed E-state index contributed by atoms with van der Waals surface area (Å²) in [4.78, 5) is 39.4. The van der Waals surface area contributed by atoms with Gasteiger partial charge in [-0.3, -0.25) is 19.3 Å². The lowest BCUT2D eigenvalue weighted by molar-refractivity contribution is -0.142. The zero-order chi connectivity index (χ0) is 19.4. The van der Waals surface area contributed by atoms with E-state index < -0.39 is 12.0 Å². The Morgan fingerprint density at radius 3 is 2.41 bits per heavy atom. The summed E-state index contributed by atoms with van der Waals surface area (Å²) in [6.45, 7) is 4.37. The maximum absolute atomic E-state index is 12.3. The maximum atomic E-state index is 12.3. The lowest BCUT2D eigenvalue weighted by Crippen LogP contribution is -2.43. The first-order valence-electron chi connectivity index (χ1n) is 9.71. The summed E-state index contributed by atoms with van der Waals surface area (Å²) in [5.41, 5.74) is 0.695. The number of benzene rings is 1. The molecule has 3 rings (SSSR count). The van der Waals surface area contributed by atoms with Crippen LogP contribution in [0.15, 0.2) is 30.3 Å². The molecule has 1 aromatic rings. The number of carbonyl (C=O) groups is 3. The molecule has 1 unspecified atom stereocenters. The summed E-state index contributed by atoms with van der Waals surface area (Å²) in [7, 11) is 0. The van der Waals surface area contributed by atoms with Crippen LogP contribution in [-0.2, 0) is 9.59 Å². The SMILES string of the molecule is CC(=O)N1CCC2(CC1)CC(C(=O)O)N(CCCC(=O)c1ccccc1)C2. The molecule has 0 bridgehead atoms. The highest BCUT2D eigenvalue weighted by atomic mass is 16.4. The Labute approximate surface area is 160 Å². The van der Waals surface area contributed by atoms with Crippen molar-refractivity contribution >= 4 is 17.7 Å². The monoisotopic (exact) mass is 372 g/mol. The molecule has 2 saturated heterocycles. The number of likely N-dealkylation sites (tertiary alicyclic amines) is 2. The molecule has 6 heteroatoms. The number of rotatable bonds is 6. The molecule has 1 spiro atoms. The van der Waals surface area contributed by atoms with Crippen molar-refractivity contribution in [1.29, 1.82) is 0 Å². The van der Waals surface area contributed by atoms with E-state index in [1.54, 1.807) is 6.92 Å². The number of carboxylic acid groups (broad SMARTS) is 1. The number of amides is 1. The van der Waals surface area contributed by atoms with Crippen LogP contribution < -0.4 is 0 Å². The van der Waals surface area contributed by atoms with Gasteiger partial charge in [-0.2, -0.15) is 0 Å². The van der Waals surface area contributed by atoms with Crippen molar-refractivity contribution in [1.82, 2.24) is 9.80 Å². The number of aliphatic carboxylic acids is 1. The van der Waals surface area contributed by atoms with E-state index in [0.717, 1.165) is 19.4 Å². The highest BCUT2D eigenvalue weighted by molar-refractivity contribution is 5.95. The number of hydrogen-bond donors (Lipinski definition) is 1. The van der Waals surface area contributed by atoms with Gasteiger partial charge in [0.2, 0.25) is 5.91 Å². The molecule has 2 aliphatic heterocycles. The molecule has 1 atom stereocenters. The van der Waals surface area contributed by atoms with Gasteiger partial charge in [-0.1, -0.05) is 30.3 Å². The van der Waals surface area contributed by atoms with Gasteiger partial charge in [-0.25, -0.2) is 0 Å². The lowest BCUT2D eigenvalue weighted by Gasteiger charge is -2.39. The summed E-state index contributed by atoms with van der Waals surface area (Å²) in [5.74, 6) is -0.588. The predicted molar refractivity (Wildman–Crippen MR) is 102 cm³/mol. The second-order valence-electron chi connectivity index (χ2n) is 7.93. The third kappa shape index (κ3) is 4.56. The number of ketones is 1. The van der Waals surface area contributed by atoms with Gasteiger partial charge in [0.05, 0.1) is 0 Å². The summed E-state index contributed by atoms with van der Waals surface area (Å²) < 4.78 is 0. The second-order valence-corrected chi connectivity index (χ2v) is 7.93. The van der Waals surface area contributed by atoms with E-state index in [9.17, 15) is 19.5 Å². The van der Waals surface area contributed by atoms with E-state index in [1.165, 1.54) is 0 Å². The van der Waals surface area contributed by atoms with Crippen LogP contribution >= 0.6 is 0 Å². The Hall–Kier alpha value is -2.21. The third-order valence-electron chi connectivity index (χ3n) is 6.11. The summed E-state index contributed by atoms with van der Waals surface area (Å²) in [5, 5.41) is 9.65. The number of carboxylic acids is 1.